The lowest BCUT2D eigenvalue weighted by atomic mass is 10.1. The number of amides is 1. The summed E-state index contributed by atoms with van der Waals surface area (Å²) in [6.07, 6.45) is 0. The number of benzene rings is 3. The van der Waals surface area contributed by atoms with Gasteiger partial charge in [-0.05, 0) is 67.2 Å². The smallest absolute Gasteiger partial charge is 0.258 e. The minimum absolute atomic E-state index is 0.117. The maximum Gasteiger partial charge on any atom is 0.258 e. The Morgan fingerprint density at radius 1 is 1.03 bits per heavy atom. The van der Waals surface area contributed by atoms with Gasteiger partial charge in [-0.15, -0.1) is 0 Å². The van der Waals surface area contributed by atoms with Crippen molar-refractivity contribution in [2.24, 2.45) is 0 Å². The van der Waals surface area contributed by atoms with Gasteiger partial charge in [0.1, 0.15) is 17.7 Å². The van der Waals surface area contributed by atoms with E-state index in [1.165, 1.54) is 42.5 Å². The summed E-state index contributed by atoms with van der Waals surface area (Å²) >= 11 is 5.31. The van der Waals surface area contributed by atoms with Crippen LogP contribution < -0.4 is 16.0 Å². The van der Waals surface area contributed by atoms with Gasteiger partial charge in [-0.25, -0.2) is 8.78 Å². The van der Waals surface area contributed by atoms with Gasteiger partial charge >= 0.3 is 0 Å². The monoisotopic (exact) mass is 436 g/mol. The van der Waals surface area contributed by atoms with E-state index in [1.807, 2.05) is 13.0 Å². The van der Waals surface area contributed by atoms with Crippen LogP contribution in [0.3, 0.4) is 0 Å². The Morgan fingerprint density at radius 3 is 2.42 bits per heavy atom. The topological polar surface area (TPSA) is 76.9 Å². The number of anilines is 2. The average Bonchev–Trinajstić information content (AvgIpc) is 2.75. The Kier molecular flexibility index (Phi) is 6.90. The summed E-state index contributed by atoms with van der Waals surface area (Å²) in [4.78, 5) is 12.3. The number of nitriles is 1. The number of hydrogen-bond donors (Lipinski definition) is 3. The highest BCUT2D eigenvalue weighted by molar-refractivity contribution is 7.80. The molecule has 156 valence electrons. The maximum atomic E-state index is 13.8. The molecule has 1 atom stereocenters. The molecule has 3 aromatic rings. The minimum atomic E-state index is -0.652. The summed E-state index contributed by atoms with van der Waals surface area (Å²) in [7, 11) is 0. The van der Waals surface area contributed by atoms with E-state index < -0.39 is 11.7 Å². The van der Waals surface area contributed by atoms with Gasteiger partial charge in [-0.3, -0.25) is 4.79 Å². The van der Waals surface area contributed by atoms with E-state index in [2.05, 4.69) is 16.0 Å². The van der Waals surface area contributed by atoms with Gasteiger partial charge in [-0.1, -0.05) is 24.3 Å². The lowest BCUT2D eigenvalue weighted by Crippen LogP contribution is -2.30. The van der Waals surface area contributed by atoms with Crippen LogP contribution in [0.5, 0.6) is 0 Å². The van der Waals surface area contributed by atoms with Gasteiger partial charge in [0.25, 0.3) is 5.91 Å². The number of carbonyl (C=O) groups is 1. The van der Waals surface area contributed by atoms with Crippen LogP contribution in [0.4, 0.5) is 20.2 Å². The highest BCUT2D eigenvalue weighted by atomic mass is 32.1. The number of nitrogens with one attached hydrogen (secondary N) is 3. The summed E-state index contributed by atoms with van der Waals surface area (Å²) in [6, 6.07) is 18.2. The molecule has 3 N–H and O–H groups in total. The largest absolute Gasteiger partial charge is 0.356 e. The van der Waals surface area contributed by atoms with Gasteiger partial charge in [0.05, 0.1) is 22.9 Å². The molecule has 0 aliphatic rings. The molecular formula is C23H18F2N4OS. The van der Waals surface area contributed by atoms with Crippen molar-refractivity contribution in [1.29, 1.82) is 5.26 Å². The molecule has 3 rings (SSSR count). The van der Waals surface area contributed by atoms with E-state index in [0.717, 1.165) is 5.56 Å². The molecule has 0 heterocycles. The van der Waals surface area contributed by atoms with Crippen molar-refractivity contribution in [3.8, 4) is 6.07 Å². The van der Waals surface area contributed by atoms with Crippen LogP contribution in [0.2, 0.25) is 0 Å². The molecule has 0 aliphatic heterocycles. The zero-order valence-corrected chi connectivity index (χ0v) is 17.3. The fraction of sp³-hybridized carbons (Fsp3) is 0.0870. The van der Waals surface area contributed by atoms with Gasteiger partial charge in [0.15, 0.2) is 5.11 Å². The normalized spacial score (nSPS) is 11.2. The standard InChI is InChI=1S/C23H18F2N4OS/c1-14(15-6-8-17(24)9-7-15)27-23(31)28-18-10-11-21(16(12-18)13-26)29-22(30)19-4-2-3-5-20(19)25/h2-12,14H,1H3,(H,29,30)(H2,27,28,31). The Balaban J connectivity index is 1.67. The fourth-order valence-electron chi connectivity index (χ4n) is 2.86. The third-order valence-corrected chi connectivity index (χ3v) is 4.70. The lowest BCUT2D eigenvalue weighted by molar-refractivity contribution is 0.102. The molecule has 0 saturated heterocycles. The van der Waals surface area contributed by atoms with Crippen LogP contribution in [-0.4, -0.2) is 11.0 Å². The summed E-state index contributed by atoms with van der Waals surface area (Å²) in [5, 5.41) is 18.4. The molecule has 0 radical (unpaired) electrons. The van der Waals surface area contributed by atoms with E-state index in [1.54, 1.807) is 24.3 Å². The van der Waals surface area contributed by atoms with Crippen molar-refractivity contribution in [3.05, 3.63) is 95.1 Å². The average molecular weight is 436 g/mol. The van der Waals surface area contributed by atoms with Gasteiger partial charge in [0.2, 0.25) is 0 Å². The number of nitrogens with zero attached hydrogens (tertiary/aromatic N) is 1. The first kappa shape index (κ1) is 21.9. The first-order chi connectivity index (χ1) is 14.9. The highest BCUT2D eigenvalue weighted by Gasteiger charge is 2.14. The molecule has 0 bridgehead atoms. The molecule has 0 spiro atoms. The summed E-state index contributed by atoms with van der Waals surface area (Å²) in [5.74, 6) is -1.62. The summed E-state index contributed by atoms with van der Waals surface area (Å²) in [6.45, 7) is 1.88. The van der Waals surface area contributed by atoms with E-state index in [9.17, 15) is 18.8 Å². The number of carbonyl (C=O) groups excluding carboxylic acids is 1. The predicted molar refractivity (Wildman–Crippen MR) is 120 cm³/mol. The zero-order chi connectivity index (χ0) is 22.4. The third kappa shape index (κ3) is 5.62. The number of hydrogen-bond acceptors (Lipinski definition) is 3. The second kappa shape index (κ2) is 9.78. The van der Waals surface area contributed by atoms with Crippen LogP contribution in [0, 0.1) is 23.0 Å². The quantitative estimate of drug-likeness (QED) is 0.483. The molecule has 1 amide bonds. The predicted octanol–water partition coefficient (Wildman–Crippen LogP) is 5.14. The Hall–Kier alpha value is -3.83. The molecule has 3 aromatic carbocycles. The molecular weight excluding hydrogens is 418 g/mol. The van der Waals surface area contributed by atoms with Crippen molar-refractivity contribution < 1.29 is 13.6 Å². The molecule has 0 saturated carbocycles. The minimum Gasteiger partial charge on any atom is -0.356 e. The van der Waals surface area contributed by atoms with Crippen LogP contribution in [-0.2, 0) is 0 Å². The first-order valence-electron chi connectivity index (χ1n) is 9.30. The van der Waals surface area contributed by atoms with Gasteiger partial charge in [-0.2, -0.15) is 5.26 Å². The number of halogens is 2. The lowest BCUT2D eigenvalue weighted by Gasteiger charge is -2.18. The number of rotatable bonds is 5. The van der Waals surface area contributed by atoms with Gasteiger partial charge < -0.3 is 16.0 Å². The Morgan fingerprint density at radius 2 is 1.74 bits per heavy atom. The van der Waals surface area contributed by atoms with Crippen LogP contribution in [0.25, 0.3) is 0 Å². The van der Waals surface area contributed by atoms with E-state index in [0.29, 0.717) is 10.8 Å². The van der Waals surface area contributed by atoms with Crippen molar-refractivity contribution >= 4 is 34.6 Å². The Bertz CT molecular complexity index is 1160. The molecule has 0 fully saturated rings. The fourth-order valence-corrected chi connectivity index (χ4v) is 3.15. The highest BCUT2D eigenvalue weighted by Crippen LogP contribution is 2.22. The molecule has 0 aromatic heterocycles. The maximum absolute atomic E-state index is 13.8. The number of thiocarbonyl (C=S) groups is 1. The van der Waals surface area contributed by atoms with Crippen molar-refractivity contribution in [3.63, 3.8) is 0 Å². The van der Waals surface area contributed by atoms with Crippen molar-refractivity contribution in [2.75, 3.05) is 10.6 Å². The SMILES string of the molecule is CC(NC(=S)Nc1ccc(NC(=O)c2ccccc2F)c(C#N)c1)c1ccc(F)cc1. The zero-order valence-electron chi connectivity index (χ0n) is 16.4. The summed E-state index contributed by atoms with van der Waals surface area (Å²) < 4.78 is 26.9. The molecule has 5 nitrogen and oxygen atoms in total. The second-order valence-corrected chi connectivity index (χ2v) is 7.09. The third-order valence-electron chi connectivity index (χ3n) is 4.48. The molecule has 0 aliphatic carbocycles. The first-order valence-corrected chi connectivity index (χ1v) is 9.71. The van der Waals surface area contributed by atoms with E-state index in [-0.39, 0.29) is 28.7 Å². The van der Waals surface area contributed by atoms with Crippen LogP contribution >= 0.6 is 12.2 Å². The Labute approximate surface area is 183 Å². The molecule has 31 heavy (non-hydrogen) atoms. The summed E-state index contributed by atoms with van der Waals surface area (Å²) in [5.41, 5.74) is 1.70. The van der Waals surface area contributed by atoms with Crippen molar-refractivity contribution in [1.82, 2.24) is 5.32 Å². The molecule has 8 heteroatoms. The van der Waals surface area contributed by atoms with Crippen LogP contribution in [0.15, 0.2) is 66.7 Å². The van der Waals surface area contributed by atoms with Gasteiger partial charge in [0, 0.05) is 5.69 Å². The molecule has 1 unspecified atom stereocenters. The second-order valence-electron chi connectivity index (χ2n) is 6.68. The van der Waals surface area contributed by atoms with E-state index >= 15 is 0 Å². The van der Waals surface area contributed by atoms with Crippen molar-refractivity contribution in [2.45, 2.75) is 13.0 Å². The van der Waals surface area contributed by atoms with E-state index in [4.69, 9.17) is 12.2 Å². The van der Waals surface area contributed by atoms with Crippen LogP contribution in [0.1, 0.15) is 34.5 Å².